The molecule has 16 heavy (non-hydrogen) atoms. The van der Waals surface area contributed by atoms with Crippen molar-refractivity contribution >= 4 is 5.95 Å². The van der Waals surface area contributed by atoms with Gasteiger partial charge in [-0.1, -0.05) is 0 Å². The van der Waals surface area contributed by atoms with Crippen LogP contribution in [0.1, 0.15) is 31.9 Å². The van der Waals surface area contributed by atoms with E-state index in [1.807, 2.05) is 19.2 Å². The molecule has 1 aromatic heterocycles. The van der Waals surface area contributed by atoms with Gasteiger partial charge in [-0.2, -0.15) is 0 Å². The van der Waals surface area contributed by atoms with E-state index in [0.29, 0.717) is 18.6 Å². The first-order valence-electron chi connectivity index (χ1n) is 6.00. The van der Waals surface area contributed by atoms with Gasteiger partial charge < -0.3 is 10.6 Å². The molecule has 0 amide bonds. The van der Waals surface area contributed by atoms with Gasteiger partial charge in [0.15, 0.2) is 0 Å². The number of nitrogens with zero attached hydrogens (tertiary/aromatic N) is 3. The summed E-state index contributed by atoms with van der Waals surface area (Å²) in [7, 11) is 0. The van der Waals surface area contributed by atoms with Gasteiger partial charge in [-0.05, 0) is 39.2 Å². The number of aryl methyl sites for hydroxylation is 1. The van der Waals surface area contributed by atoms with Gasteiger partial charge in [0.25, 0.3) is 0 Å². The van der Waals surface area contributed by atoms with Crippen LogP contribution in [0, 0.1) is 6.92 Å². The summed E-state index contributed by atoms with van der Waals surface area (Å²) in [5.41, 5.74) is 6.85. The monoisotopic (exact) mass is 220 g/mol. The molecule has 0 spiro atoms. The van der Waals surface area contributed by atoms with Crippen molar-refractivity contribution in [1.82, 2.24) is 9.97 Å². The maximum Gasteiger partial charge on any atom is 0.226 e. The molecule has 1 aliphatic rings. The van der Waals surface area contributed by atoms with Gasteiger partial charge in [0.2, 0.25) is 5.95 Å². The number of hydrogen-bond acceptors (Lipinski definition) is 4. The van der Waals surface area contributed by atoms with E-state index >= 15 is 0 Å². The Morgan fingerprint density at radius 2 is 2.31 bits per heavy atom. The quantitative estimate of drug-likeness (QED) is 0.820. The van der Waals surface area contributed by atoms with E-state index in [0.717, 1.165) is 18.1 Å². The molecule has 2 atom stereocenters. The lowest BCUT2D eigenvalue weighted by Crippen LogP contribution is -2.49. The first kappa shape index (κ1) is 11.3. The lowest BCUT2D eigenvalue weighted by atomic mass is 9.97. The summed E-state index contributed by atoms with van der Waals surface area (Å²) in [6.07, 6.45) is 5.43. The molecule has 0 aromatic carbocycles. The third kappa shape index (κ3) is 2.16. The van der Waals surface area contributed by atoms with E-state index < -0.39 is 0 Å². The van der Waals surface area contributed by atoms with E-state index in [1.54, 1.807) is 0 Å². The van der Waals surface area contributed by atoms with Crippen molar-refractivity contribution in [2.75, 3.05) is 11.4 Å². The number of anilines is 1. The van der Waals surface area contributed by atoms with Crippen molar-refractivity contribution < 1.29 is 0 Å². The highest BCUT2D eigenvalue weighted by Gasteiger charge is 2.28. The van der Waals surface area contributed by atoms with Crippen LogP contribution in [0.2, 0.25) is 0 Å². The second-order valence-corrected chi connectivity index (χ2v) is 4.57. The molecule has 4 nitrogen and oxygen atoms in total. The van der Waals surface area contributed by atoms with Crippen LogP contribution in [-0.2, 0) is 0 Å². The van der Waals surface area contributed by atoms with E-state index in [-0.39, 0.29) is 0 Å². The van der Waals surface area contributed by atoms with Gasteiger partial charge in [-0.25, -0.2) is 9.97 Å². The van der Waals surface area contributed by atoms with Crippen molar-refractivity contribution in [2.45, 2.75) is 45.2 Å². The molecular weight excluding hydrogens is 200 g/mol. The zero-order valence-electron chi connectivity index (χ0n) is 10.1. The number of hydrogen-bond donors (Lipinski definition) is 1. The minimum Gasteiger partial charge on any atom is -0.334 e. The first-order valence-corrected chi connectivity index (χ1v) is 6.00. The normalized spacial score (nSPS) is 25.8. The molecule has 4 heteroatoms. The minimum atomic E-state index is 0.394. The van der Waals surface area contributed by atoms with Crippen molar-refractivity contribution in [3.8, 4) is 0 Å². The molecule has 1 aromatic rings. The predicted octanol–water partition coefficient (Wildman–Crippen LogP) is 1.49. The van der Waals surface area contributed by atoms with Crippen LogP contribution in [0.4, 0.5) is 5.95 Å². The van der Waals surface area contributed by atoms with Gasteiger partial charge >= 0.3 is 0 Å². The Kier molecular flexibility index (Phi) is 3.39. The largest absolute Gasteiger partial charge is 0.334 e. The predicted molar refractivity (Wildman–Crippen MR) is 65.4 cm³/mol. The lowest BCUT2D eigenvalue weighted by Gasteiger charge is -2.40. The highest BCUT2D eigenvalue weighted by atomic mass is 15.3. The molecule has 2 heterocycles. The Labute approximate surface area is 96.9 Å². The molecule has 1 saturated heterocycles. The van der Waals surface area contributed by atoms with Crippen molar-refractivity contribution in [2.24, 2.45) is 5.73 Å². The van der Waals surface area contributed by atoms with Crippen LogP contribution in [0.15, 0.2) is 12.3 Å². The average molecular weight is 220 g/mol. The first-order chi connectivity index (χ1) is 7.72. The van der Waals surface area contributed by atoms with Crippen LogP contribution in [0.5, 0.6) is 0 Å². The van der Waals surface area contributed by atoms with Crippen molar-refractivity contribution in [1.29, 1.82) is 0 Å². The van der Waals surface area contributed by atoms with Crippen LogP contribution in [0.3, 0.4) is 0 Å². The van der Waals surface area contributed by atoms with Gasteiger partial charge in [-0.15, -0.1) is 0 Å². The Morgan fingerprint density at radius 1 is 1.50 bits per heavy atom. The summed E-state index contributed by atoms with van der Waals surface area (Å²) in [5.74, 6) is 0.836. The number of piperidine rings is 1. The summed E-state index contributed by atoms with van der Waals surface area (Å²) < 4.78 is 0. The van der Waals surface area contributed by atoms with E-state index in [2.05, 4.69) is 21.8 Å². The Morgan fingerprint density at radius 3 is 3.00 bits per heavy atom. The van der Waals surface area contributed by atoms with Crippen molar-refractivity contribution in [3.63, 3.8) is 0 Å². The smallest absolute Gasteiger partial charge is 0.226 e. The fraction of sp³-hybridized carbons (Fsp3) is 0.667. The molecule has 2 rings (SSSR count). The van der Waals surface area contributed by atoms with Crippen LogP contribution in [-0.4, -0.2) is 28.6 Å². The summed E-state index contributed by atoms with van der Waals surface area (Å²) in [6, 6.07) is 2.81. The van der Waals surface area contributed by atoms with Gasteiger partial charge in [0.1, 0.15) is 0 Å². The zero-order valence-corrected chi connectivity index (χ0v) is 10.1. The van der Waals surface area contributed by atoms with Crippen LogP contribution in [0.25, 0.3) is 0 Å². The summed E-state index contributed by atoms with van der Waals surface area (Å²) >= 11 is 0. The molecule has 0 bridgehead atoms. The molecule has 88 valence electrons. The molecular formula is C12H20N4. The van der Waals surface area contributed by atoms with E-state index in [4.69, 9.17) is 5.73 Å². The van der Waals surface area contributed by atoms with E-state index in [9.17, 15) is 0 Å². The van der Waals surface area contributed by atoms with Crippen molar-refractivity contribution in [3.05, 3.63) is 18.0 Å². The van der Waals surface area contributed by atoms with Gasteiger partial charge in [-0.3, -0.25) is 0 Å². The number of aromatic nitrogens is 2. The second-order valence-electron chi connectivity index (χ2n) is 4.57. The third-order valence-electron chi connectivity index (χ3n) is 3.31. The molecule has 0 radical (unpaired) electrons. The topological polar surface area (TPSA) is 55.0 Å². The number of rotatable bonds is 2. The third-order valence-corrected chi connectivity index (χ3v) is 3.31. The van der Waals surface area contributed by atoms with Gasteiger partial charge in [0.05, 0.1) is 0 Å². The zero-order chi connectivity index (χ0) is 11.5. The maximum absolute atomic E-state index is 5.83. The SMILES string of the molecule is Cc1ccnc(N2C(C)CCCC2CN)n1. The molecule has 2 N–H and O–H groups in total. The highest BCUT2D eigenvalue weighted by Crippen LogP contribution is 2.25. The van der Waals surface area contributed by atoms with Gasteiger partial charge in [0, 0.05) is 30.5 Å². The minimum absolute atomic E-state index is 0.394. The van der Waals surface area contributed by atoms with E-state index in [1.165, 1.54) is 12.8 Å². The molecule has 2 unspecified atom stereocenters. The Bertz CT molecular complexity index is 353. The standard InChI is InChI=1S/C12H20N4/c1-9-6-7-14-12(15-9)16-10(2)4-3-5-11(16)8-13/h6-7,10-11H,3-5,8,13H2,1-2H3. The fourth-order valence-electron chi connectivity index (χ4n) is 2.44. The fourth-order valence-corrected chi connectivity index (χ4v) is 2.44. The maximum atomic E-state index is 5.83. The molecule has 0 saturated carbocycles. The highest BCUT2D eigenvalue weighted by molar-refractivity contribution is 5.34. The average Bonchev–Trinajstić information content (AvgIpc) is 2.28. The van der Waals surface area contributed by atoms with Crippen LogP contribution >= 0.6 is 0 Å². The summed E-state index contributed by atoms with van der Waals surface area (Å²) in [5, 5.41) is 0. The second kappa shape index (κ2) is 4.78. The molecule has 0 aliphatic carbocycles. The summed E-state index contributed by atoms with van der Waals surface area (Å²) in [4.78, 5) is 11.2. The number of nitrogens with two attached hydrogens (primary N) is 1. The summed E-state index contributed by atoms with van der Waals surface area (Å²) in [6.45, 7) is 4.91. The molecule has 1 fully saturated rings. The molecule has 1 aliphatic heterocycles. The lowest BCUT2D eigenvalue weighted by molar-refractivity contribution is 0.394. The Balaban J connectivity index is 2.28. The van der Waals surface area contributed by atoms with Crippen LogP contribution < -0.4 is 10.6 Å². The Hall–Kier alpha value is -1.16.